The number of aromatic nitrogens is 2. The van der Waals surface area contributed by atoms with Crippen molar-refractivity contribution in [1.29, 1.82) is 0 Å². The monoisotopic (exact) mass is 265 g/mol. The minimum atomic E-state index is -0.196. The number of hydrogen-bond donors (Lipinski definition) is 1. The van der Waals surface area contributed by atoms with Crippen molar-refractivity contribution in [3.05, 3.63) is 59.9 Å². The van der Waals surface area contributed by atoms with Crippen LogP contribution in [0.3, 0.4) is 0 Å². The lowest BCUT2D eigenvalue weighted by Crippen LogP contribution is -2.17. The summed E-state index contributed by atoms with van der Waals surface area (Å²) in [5.41, 5.74) is 3.61. The van der Waals surface area contributed by atoms with Crippen molar-refractivity contribution >= 4 is 22.6 Å². The maximum Gasteiger partial charge on any atom is 0.291 e. The Labute approximate surface area is 117 Å². The summed E-state index contributed by atoms with van der Waals surface area (Å²) in [5.74, 6) is 0.215. The van der Waals surface area contributed by atoms with E-state index in [0.717, 1.165) is 22.3 Å². The highest BCUT2D eigenvalue weighted by molar-refractivity contribution is 6.04. The Kier molecular flexibility index (Phi) is 2.99. The lowest BCUT2D eigenvalue weighted by atomic mass is 10.2. The van der Waals surface area contributed by atoms with Crippen LogP contribution in [0, 0.1) is 6.92 Å². The summed E-state index contributed by atoms with van der Waals surface area (Å²) in [7, 11) is 1.85. The van der Waals surface area contributed by atoms with Gasteiger partial charge in [-0.3, -0.25) is 4.79 Å². The number of imidazole rings is 1. The van der Waals surface area contributed by atoms with E-state index in [0.29, 0.717) is 5.82 Å². The number of benzene rings is 2. The Morgan fingerprint density at radius 3 is 2.55 bits per heavy atom. The van der Waals surface area contributed by atoms with Crippen molar-refractivity contribution in [3.8, 4) is 0 Å². The Hall–Kier alpha value is -2.62. The molecule has 0 aliphatic carbocycles. The fourth-order valence-electron chi connectivity index (χ4n) is 2.24. The number of rotatable bonds is 2. The first-order chi connectivity index (χ1) is 9.66. The molecule has 0 saturated carbocycles. The Morgan fingerprint density at radius 2 is 1.80 bits per heavy atom. The van der Waals surface area contributed by atoms with E-state index < -0.39 is 0 Å². The lowest BCUT2D eigenvalue weighted by molar-refractivity contribution is 0.101. The first-order valence-electron chi connectivity index (χ1n) is 6.45. The van der Waals surface area contributed by atoms with Gasteiger partial charge in [-0.25, -0.2) is 4.98 Å². The van der Waals surface area contributed by atoms with E-state index in [9.17, 15) is 4.79 Å². The number of hydrogen-bond acceptors (Lipinski definition) is 2. The first-order valence-corrected chi connectivity index (χ1v) is 6.45. The second-order valence-corrected chi connectivity index (χ2v) is 4.75. The van der Waals surface area contributed by atoms with E-state index in [2.05, 4.69) is 10.3 Å². The zero-order chi connectivity index (χ0) is 14.1. The number of nitrogens with zero attached hydrogens (tertiary/aromatic N) is 2. The number of para-hydroxylation sites is 3. The average molecular weight is 265 g/mol. The van der Waals surface area contributed by atoms with Gasteiger partial charge >= 0.3 is 0 Å². The normalized spacial score (nSPS) is 10.7. The highest BCUT2D eigenvalue weighted by Gasteiger charge is 2.15. The molecule has 100 valence electrons. The van der Waals surface area contributed by atoms with Crippen LogP contribution in [0.15, 0.2) is 48.5 Å². The van der Waals surface area contributed by atoms with Crippen LogP contribution >= 0.6 is 0 Å². The van der Waals surface area contributed by atoms with Crippen molar-refractivity contribution in [3.63, 3.8) is 0 Å². The van der Waals surface area contributed by atoms with E-state index in [1.165, 1.54) is 0 Å². The number of amides is 1. The van der Waals surface area contributed by atoms with E-state index in [1.807, 2.05) is 67.1 Å². The van der Waals surface area contributed by atoms with Gasteiger partial charge < -0.3 is 9.88 Å². The third-order valence-corrected chi connectivity index (χ3v) is 3.38. The Bertz CT molecular complexity index is 789. The third-order valence-electron chi connectivity index (χ3n) is 3.38. The summed E-state index contributed by atoms with van der Waals surface area (Å²) in [5, 5.41) is 2.91. The predicted octanol–water partition coefficient (Wildman–Crippen LogP) is 3.13. The second-order valence-electron chi connectivity index (χ2n) is 4.75. The van der Waals surface area contributed by atoms with Gasteiger partial charge in [-0.15, -0.1) is 0 Å². The number of nitrogens with one attached hydrogen (secondary N) is 1. The fourth-order valence-corrected chi connectivity index (χ4v) is 2.24. The first kappa shape index (κ1) is 12.4. The largest absolute Gasteiger partial charge is 0.323 e. The molecule has 2 aromatic carbocycles. The Morgan fingerprint density at radius 1 is 1.10 bits per heavy atom. The molecule has 0 radical (unpaired) electrons. The lowest BCUT2D eigenvalue weighted by Gasteiger charge is -2.07. The predicted molar refractivity (Wildman–Crippen MR) is 79.8 cm³/mol. The number of anilines is 1. The summed E-state index contributed by atoms with van der Waals surface area (Å²) in [6.07, 6.45) is 0. The minimum Gasteiger partial charge on any atom is -0.323 e. The SMILES string of the molecule is Cc1ccccc1NC(=O)c1nc2ccccc2n1C. The maximum absolute atomic E-state index is 12.4. The van der Waals surface area contributed by atoms with Gasteiger partial charge in [-0.05, 0) is 30.7 Å². The Balaban J connectivity index is 1.97. The zero-order valence-electron chi connectivity index (χ0n) is 11.4. The molecule has 3 aromatic rings. The molecule has 1 amide bonds. The zero-order valence-corrected chi connectivity index (χ0v) is 11.4. The van der Waals surface area contributed by atoms with Crippen molar-refractivity contribution in [2.75, 3.05) is 5.32 Å². The quantitative estimate of drug-likeness (QED) is 0.773. The van der Waals surface area contributed by atoms with Gasteiger partial charge in [0.1, 0.15) is 0 Å². The molecule has 1 aromatic heterocycles. The molecule has 1 N–H and O–H groups in total. The minimum absolute atomic E-state index is 0.196. The highest BCUT2D eigenvalue weighted by atomic mass is 16.2. The number of fused-ring (bicyclic) bond motifs is 1. The molecule has 0 bridgehead atoms. The topological polar surface area (TPSA) is 46.9 Å². The van der Waals surface area contributed by atoms with Crippen LogP contribution in [0.4, 0.5) is 5.69 Å². The molecular weight excluding hydrogens is 250 g/mol. The molecule has 0 fully saturated rings. The molecule has 0 unspecified atom stereocenters. The smallest absolute Gasteiger partial charge is 0.291 e. The standard InChI is InChI=1S/C16H15N3O/c1-11-7-3-4-8-12(11)18-16(20)15-17-13-9-5-6-10-14(13)19(15)2/h3-10H,1-2H3,(H,18,20). The third kappa shape index (κ3) is 2.05. The van der Waals surface area contributed by atoms with Crippen molar-refractivity contribution in [1.82, 2.24) is 9.55 Å². The fraction of sp³-hybridized carbons (Fsp3) is 0.125. The van der Waals surface area contributed by atoms with E-state index >= 15 is 0 Å². The second kappa shape index (κ2) is 4.81. The molecule has 0 aliphatic rings. The molecule has 3 rings (SSSR count). The molecule has 0 aliphatic heterocycles. The number of carbonyl (C=O) groups is 1. The summed E-state index contributed by atoms with van der Waals surface area (Å²) in [6.45, 7) is 1.96. The molecule has 1 heterocycles. The van der Waals surface area contributed by atoms with Gasteiger partial charge in [0.25, 0.3) is 5.91 Å². The molecule has 0 atom stereocenters. The average Bonchev–Trinajstić information content (AvgIpc) is 2.79. The number of aryl methyl sites for hydroxylation is 2. The van der Waals surface area contributed by atoms with Crippen molar-refractivity contribution < 1.29 is 4.79 Å². The van der Waals surface area contributed by atoms with Crippen LogP contribution in [-0.2, 0) is 7.05 Å². The molecule has 4 heteroatoms. The van der Waals surface area contributed by atoms with Crippen LogP contribution < -0.4 is 5.32 Å². The van der Waals surface area contributed by atoms with Gasteiger partial charge in [0.05, 0.1) is 11.0 Å². The summed E-state index contributed by atoms with van der Waals surface area (Å²) >= 11 is 0. The molecule has 4 nitrogen and oxygen atoms in total. The van der Waals surface area contributed by atoms with Gasteiger partial charge in [-0.1, -0.05) is 30.3 Å². The maximum atomic E-state index is 12.4. The molecule has 0 spiro atoms. The van der Waals surface area contributed by atoms with Gasteiger partial charge in [0, 0.05) is 12.7 Å². The van der Waals surface area contributed by atoms with Crippen LogP contribution in [0.5, 0.6) is 0 Å². The van der Waals surface area contributed by atoms with Crippen LogP contribution in [0.2, 0.25) is 0 Å². The van der Waals surface area contributed by atoms with Crippen LogP contribution in [0.25, 0.3) is 11.0 Å². The molecular formula is C16H15N3O. The molecule has 20 heavy (non-hydrogen) atoms. The highest BCUT2D eigenvalue weighted by Crippen LogP contribution is 2.17. The van der Waals surface area contributed by atoms with E-state index in [1.54, 1.807) is 0 Å². The van der Waals surface area contributed by atoms with Crippen LogP contribution in [0.1, 0.15) is 16.2 Å². The number of carbonyl (C=O) groups excluding carboxylic acids is 1. The summed E-state index contributed by atoms with van der Waals surface area (Å²) < 4.78 is 1.81. The van der Waals surface area contributed by atoms with E-state index in [4.69, 9.17) is 0 Å². The molecule has 0 saturated heterocycles. The van der Waals surface area contributed by atoms with Crippen LogP contribution in [-0.4, -0.2) is 15.5 Å². The van der Waals surface area contributed by atoms with Gasteiger partial charge in [0.2, 0.25) is 0 Å². The van der Waals surface area contributed by atoms with Crippen molar-refractivity contribution in [2.24, 2.45) is 7.05 Å². The van der Waals surface area contributed by atoms with Gasteiger partial charge in [-0.2, -0.15) is 0 Å². The van der Waals surface area contributed by atoms with Crippen molar-refractivity contribution in [2.45, 2.75) is 6.92 Å². The summed E-state index contributed by atoms with van der Waals surface area (Å²) in [6, 6.07) is 15.4. The summed E-state index contributed by atoms with van der Waals surface area (Å²) in [4.78, 5) is 16.8. The van der Waals surface area contributed by atoms with Gasteiger partial charge in [0.15, 0.2) is 5.82 Å². The van der Waals surface area contributed by atoms with E-state index in [-0.39, 0.29) is 5.91 Å².